The molecule has 9 heteroatoms. The van der Waals surface area contributed by atoms with Crippen LogP contribution in [0.5, 0.6) is 0 Å². The molecule has 1 aliphatic carbocycles. The number of nitrogens with one attached hydrogen (secondary N) is 1. The van der Waals surface area contributed by atoms with E-state index in [4.69, 9.17) is 5.73 Å². The molecule has 2 atom stereocenters. The monoisotopic (exact) mass is 437 g/mol. The van der Waals surface area contributed by atoms with Gasteiger partial charge in [-0.15, -0.1) is 0 Å². The van der Waals surface area contributed by atoms with Crippen molar-refractivity contribution in [3.63, 3.8) is 0 Å². The van der Waals surface area contributed by atoms with E-state index in [0.29, 0.717) is 22.8 Å². The lowest BCUT2D eigenvalue weighted by Crippen LogP contribution is -2.42. The first-order chi connectivity index (χ1) is 15.5. The van der Waals surface area contributed by atoms with Crippen molar-refractivity contribution in [2.24, 2.45) is 5.73 Å². The van der Waals surface area contributed by atoms with E-state index in [-0.39, 0.29) is 23.3 Å². The predicted molar refractivity (Wildman–Crippen MR) is 119 cm³/mol. The van der Waals surface area contributed by atoms with Gasteiger partial charge in [0, 0.05) is 36.1 Å². The molecule has 0 aliphatic heterocycles. The highest BCUT2D eigenvalue weighted by Gasteiger charge is 2.24. The standard InChI is InChI=1S/C23H25F2N7/c1-14-6-8-15(9-7-14)32-13-16(22(30-32)23(24)25)19-12-21-28-20(10-11-31(21)29-19)27-18-5-3-2-4-17(18)26/h6-13,17-18,23H,2-5,26H2,1H3,(H,27,28)/t17-,18+/m1/s1. The molecule has 1 saturated carbocycles. The van der Waals surface area contributed by atoms with E-state index >= 15 is 0 Å². The number of fused-ring (bicyclic) bond motifs is 1. The van der Waals surface area contributed by atoms with Crippen LogP contribution in [-0.4, -0.2) is 36.5 Å². The minimum absolute atomic E-state index is 0.100. The van der Waals surface area contributed by atoms with Gasteiger partial charge in [0.05, 0.1) is 11.4 Å². The van der Waals surface area contributed by atoms with E-state index in [0.717, 1.165) is 31.2 Å². The SMILES string of the molecule is Cc1ccc(-n2cc(-c3cc4nc(N[C@H]5CCCC[C@H]5N)ccn4n3)c(C(F)F)n2)cc1. The molecule has 1 aliphatic rings. The molecular formula is C23H25F2N7. The van der Waals surface area contributed by atoms with Crippen LogP contribution >= 0.6 is 0 Å². The molecule has 1 aromatic carbocycles. The van der Waals surface area contributed by atoms with Gasteiger partial charge in [0.15, 0.2) is 5.65 Å². The van der Waals surface area contributed by atoms with Gasteiger partial charge in [-0.05, 0) is 38.0 Å². The average molecular weight is 437 g/mol. The van der Waals surface area contributed by atoms with Crippen LogP contribution in [0.4, 0.5) is 14.6 Å². The van der Waals surface area contributed by atoms with Gasteiger partial charge in [0.25, 0.3) is 6.43 Å². The Kier molecular flexibility index (Phi) is 5.34. The second-order valence-electron chi connectivity index (χ2n) is 8.35. The van der Waals surface area contributed by atoms with Crippen molar-refractivity contribution in [1.29, 1.82) is 0 Å². The topological polar surface area (TPSA) is 86.1 Å². The molecule has 166 valence electrons. The summed E-state index contributed by atoms with van der Waals surface area (Å²) in [5.74, 6) is 0.704. The van der Waals surface area contributed by atoms with Crippen molar-refractivity contribution in [2.45, 2.75) is 51.1 Å². The number of alkyl halides is 2. The highest BCUT2D eigenvalue weighted by atomic mass is 19.3. The molecule has 3 heterocycles. The van der Waals surface area contributed by atoms with Gasteiger partial charge in [0.2, 0.25) is 0 Å². The Balaban J connectivity index is 1.48. The Bertz CT molecular complexity index is 1230. The maximum atomic E-state index is 13.8. The number of hydrogen-bond donors (Lipinski definition) is 2. The minimum Gasteiger partial charge on any atom is -0.366 e. The normalized spacial score (nSPS) is 19.0. The summed E-state index contributed by atoms with van der Waals surface area (Å²) in [5, 5.41) is 12.0. The molecule has 0 spiro atoms. The van der Waals surface area contributed by atoms with Crippen LogP contribution in [0.3, 0.4) is 0 Å². The number of aryl methyl sites for hydroxylation is 1. The van der Waals surface area contributed by atoms with Gasteiger partial charge in [-0.3, -0.25) is 0 Å². The number of benzene rings is 1. The lowest BCUT2D eigenvalue weighted by molar-refractivity contribution is 0.146. The van der Waals surface area contributed by atoms with E-state index in [9.17, 15) is 8.78 Å². The molecule has 0 saturated heterocycles. The Morgan fingerprint density at radius 2 is 1.88 bits per heavy atom. The lowest BCUT2D eigenvalue weighted by atomic mass is 9.91. The maximum Gasteiger partial charge on any atom is 0.282 e. The number of nitrogens with two attached hydrogens (primary N) is 1. The van der Waals surface area contributed by atoms with Crippen molar-refractivity contribution in [3.05, 3.63) is 60.0 Å². The van der Waals surface area contributed by atoms with Crippen molar-refractivity contribution >= 4 is 11.5 Å². The van der Waals surface area contributed by atoms with Crippen LogP contribution in [0.2, 0.25) is 0 Å². The van der Waals surface area contributed by atoms with Gasteiger partial charge in [0.1, 0.15) is 11.5 Å². The Hall–Kier alpha value is -3.33. The predicted octanol–water partition coefficient (Wildman–Crippen LogP) is 4.51. The molecule has 5 rings (SSSR count). The first kappa shape index (κ1) is 20.6. The van der Waals surface area contributed by atoms with E-state index < -0.39 is 6.43 Å². The zero-order chi connectivity index (χ0) is 22.2. The largest absolute Gasteiger partial charge is 0.366 e. The minimum atomic E-state index is -2.72. The molecule has 32 heavy (non-hydrogen) atoms. The molecule has 0 bridgehead atoms. The lowest BCUT2D eigenvalue weighted by Gasteiger charge is -2.29. The van der Waals surface area contributed by atoms with Crippen LogP contribution in [0.1, 0.15) is 43.4 Å². The quantitative estimate of drug-likeness (QED) is 0.480. The van der Waals surface area contributed by atoms with Gasteiger partial charge < -0.3 is 11.1 Å². The summed E-state index contributed by atoms with van der Waals surface area (Å²) in [6.07, 6.45) is 4.95. The number of halogens is 2. The van der Waals surface area contributed by atoms with Crippen molar-refractivity contribution in [2.75, 3.05) is 5.32 Å². The first-order valence-corrected chi connectivity index (χ1v) is 10.8. The average Bonchev–Trinajstić information content (AvgIpc) is 3.40. The number of hydrogen-bond acceptors (Lipinski definition) is 5. The number of aromatic nitrogens is 5. The van der Waals surface area contributed by atoms with Gasteiger partial charge in [-0.1, -0.05) is 30.5 Å². The molecule has 1 fully saturated rings. The fourth-order valence-electron chi connectivity index (χ4n) is 4.20. The van der Waals surface area contributed by atoms with Crippen LogP contribution in [0, 0.1) is 6.92 Å². The second-order valence-corrected chi connectivity index (χ2v) is 8.35. The maximum absolute atomic E-state index is 13.8. The van der Waals surface area contributed by atoms with Gasteiger partial charge in [-0.2, -0.15) is 10.2 Å². The number of nitrogens with zero attached hydrogens (tertiary/aromatic N) is 5. The third-order valence-corrected chi connectivity index (χ3v) is 6.00. The third-order valence-electron chi connectivity index (χ3n) is 6.00. The van der Waals surface area contributed by atoms with Gasteiger partial charge in [-0.25, -0.2) is 23.0 Å². The van der Waals surface area contributed by atoms with E-state index in [1.54, 1.807) is 23.0 Å². The Morgan fingerprint density at radius 1 is 1.09 bits per heavy atom. The highest BCUT2D eigenvalue weighted by molar-refractivity contribution is 5.67. The molecule has 4 aromatic rings. The fraction of sp³-hybridized carbons (Fsp3) is 0.348. The molecule has 0 amide bonds. The van der Waals surface area contributed by atoms with Crippen LogP contribution in [-0.2, 0) is 0 Å². The summed E-state index contributed by atoms with van der Waals surface area (Å²) in [6.45, 7) is 1.97. The van der Waals surface area contributed by atoms with Crippen molar-refractivity contribution in [1.82, 2.24) is 24.4 Å². The zero-order valence-corrected chi connectivity index (χ0v) is 17.7. The number of anilines is 1. The fourth-order valence-corrected chi connectivity index (χ4v) is 4.20. The summed E-state index contributed by atoms with van der Waals surface area (Å²) in [7, 11) is 0. The van der Waals surface area contributed by atoms with E-state index in [2.05, 4.69) is 20.5 Å². The summed E-state index contributed by atoms with van der Waals surface area (Å²) in [6, 6.07) is 11.3. The summed E-state index contributed by atoms with van der Waals surface area (Å²) in [4.78, 5) is 4.62. The van der Waals surface area contributed by atoms with Crippen LogP contribution < -0.4 is 11.1 Å². The molecule has 7 nitrogen and oxygen atoms in total. The highest BCUT2D eigenvalue weighted by Crippen LogP contribution is 2.31. The smallest absolute Gasteiger partial charge is 0.282 e. The number of rotatable bonds is 5. The second kappa shape index (κ2) is 8.31. The zero-order valence-electron chi connectivity index (χ0n) is 17.7. The summed E-state index contributed by atoms with van der Waals surface area (Å²) in [5.41, 5.74) is 8.98. The Labute approximate surface area is 184 Å². The molecular weight excluding hydrogens is 412 g/mol. The molecule has 3 aromatic heterocycles. The van der Waals surface area contributed by atoms with E-state index in [1.807, 2.05) is 37.3 Å². The van der Waals surface area contributed by atoms with E-state index in [1.165, 1.54) is 4.68 Å². The summed E-state index contributed by atoms with van der Waals surface area (Å²) < 4.78 is 30.6. The molecule has 3 N–H and O–H groups in total. The van der Waals surface area contributed by atoms with Crippen molar-refractivity contribution < 1.29 is 8.78 Å². The van der Waals surface area contributed by atoms with Crippen molar-refractivity contribution in [3.8, 4) is 16.9 Å². The molecule has 0 radical (unpaired) electrons. The van der Waals surface area contributed by atoms with Crippen LogP contribution in [0.15, 0.2) is 48.8 Å². The first-order valence-electron chi connectivity index (χ1n) is 10.8. The molecule has 0 unspecified atom stereocenters. The van der Waals surface area contributed by atoms with Crippen LogP contribution in [0.25, 0.3) is 22.6 Å². The summed E-state index contributed by atoms with van der Waals surface area (Å²) >= 11 is 0. The third kappa shape index (κ3) is 3.95. The Morgan fingerprint density at radius 3 is 2.62 bits per heavy atom. The van der Waals surface area contributed by atoms with Gasteiger partial charge >= 0.3 is 0 Å².